The average Bonchev–Trinajstić information content (AvgIpc) is 3.42. The van der Waals surface area contributed by atoms with Gasteiger partial charge in [0.05, 0.1) is 17.1 Å². The van der Waals surface area contributed by atoms with Crippen molar-refractivity contribution in [3.8, 4) is 22.8 Å². The van der Waals surface area contributed by atoms with Crippen LogP contribution >= 0.6 is 11.8 Å². The number of amidine groups is 1. The molecule has 0 spiro atoms. The first-order chi connectivity index (χ1) is 21.4. The van der Waals surface area contributed by atoms with Gasteiger partial charge >= 0.3 is 6.36 Å². The van der Waals surface area contributed by atoms with Crippen LogP contribution in [0, 0.1) is 6.92 Å². The summed E-state index contributed by atoms with van der Waals surface area (Å²) in [6.07, 6.45) is -1.32. The van der Waals surface area contributed by atoms with Gasteiger partial charge in [0.25, 0.3) is 0 Å². The number of aryl methyl sites for hydroxylation is 1. The molecule has 45 heavy (non-hydrogen) atoms. The number of aliphatic imine (C=N–C) groups is 1. The third-order valence-corrected chi connectivity index (χ3v) is 8.88. The summed E-state index contributed by atoms with van der Waals surface area (Å²) in [7, 11) is 0. The van der Waals surface area contributed by atoms with Crippen LogP contribution in [0.25, 0.3) is 17.1 Å². The lowest BCUT2D eigenvalue weighted by Crippen LogP contribution is -2.31. The Balaban J connectivity index is 1.15. The zero-order chi connectivity index (χ0) is 31.9. The van der Waals surface area contributed by atoms with Crippen LogP contribution in [-0.4, -0.2) is 43.9 Å². The molecule has 4 aromatic rings. The maximum Gasteiger partial charge on any atom is 0.573 e. The van der Waals surface area contributed by atoms with Gasteiger partial charge in [0.2, 0.25) is 11.8 Å². The van der Waals surface area contributed by atoms with E-state index in [-0.39, 0.29) is 41.1 Å². The average molecular weight is 634 g/mol. The van der Waals surface area contributed by atoms with Crippen molar-refractivity contribution in [2.24, 2.45) is 4.99 Å². The number of nitrogens with zero attached hydrogens (tertiary/aromatic N) is 5. The minimum atomic E-state index is -4.76. The van der Waals surface area contributed by atoms with E-state index in [9.17, 15) is 22.8 Å². The molecule has 1 saturated carbocycles. The van der Waals surface area contributed by atoms with Gasteiger partial charge in [0.1, 0.15) is 12.1 Å². The molecule has 2 aliphatic rings. The number of thioether (sulfide) groups is 1. The van der Waals surface area contributed by atoms with Crippen molar-refractivity contribution in [2.45, 2.75) is 57.7 Å². The molecular weight excluding hydrogens is 603 g/mol. The zero-order valence-corrected chi connectivity index (χ0v) is 25.7. The van der Waals surface area contributed by atoms with E-state index in [1.807, 2.05) is 49.4 Å². The Bertz CT molecular complexity index is 1780. The van der Waals surface area contributed by atoms with Gasteiger partial charge in [-0.2, -0.15) is 4.99 Å². The fourth-order valence-corrected chi connectivity index (χ4v) is 6.34. The Kier molecular flexibility index (Phi) is 8.02. The number of anilines is 1. The number of alkyl halides is 3. The van der Waals surface area contributed by atoms with Gasteiger partial charge in [-0.1, -0.05) is 62.0 Å². The number of amides is 2. The molecule has 0 N–H and O–H groups in total. The number of carbonyl (C=O) groups excluding carboxylic acids is 2. The lowest BCUT2D eigenvalue weighted by molar-refractivity contribution is -0.274. The van der Waals surface area contributed by atoms with Crippen molar-refractivity contribution in [3.05, 3.63) is 89.7 Å². The number of hydrogen-bond donors (Lipinski definition) is 0. The van der Waals surface area contributed by atoms with Crippen LogP contribution in [0.5, 0.6) is 5.75 Å². The van der Waals surface area contributed by atoms with E-state index in [1.54, 1.807) is 4.90 Å². The Hall–Kier alpha value is -4.45. The summed E-state index contributed by atoms with van der Waals surface area (Å²) >= 11 is 1.29. The quantitative estimate of drug-likeness (QED) is 0.202. The number of halogens is 3. The highest BCUT2D eigenvalue weighted by atomic mass is 32.2. The monoisotopic (exact) mass is 633 g/mol. The van der Waals surface area contributed by atoms with Crippen molar-refractivity contribution in [1.82, 2.24) is 14.8 Å². The fourth-order valence-electron chi connectivity index (χ4n) is 5.46. The topological polar surface area (TPSA) is 89.7 Å². The largest absolute Gasteiger partial charge is 0.573 e. The van der Waals surface area contributed by atoms with E-state index in [2.05, 4.69) is 33.7 Å². The summed E-state index contributed by atoms with van der Waals surface area (Å²) in [4.78, 5) is 36.6. The maximum absolute atomic E-state index is 13.3. The van der Waals surface area contributed by atoms with Gasteiger partial charge in [0.15, 0.2) is 11.0 Å². The van der Waals surface area contributed by atoms with E-state index in [4.69, 9.17) is 0 Å². The van der Waals surface area contributed by atoms with Gasteiger partial charge < -0.3 is 4.74 Å². The molecule has 1 aliphatic carbocycles. The number of ether oxygens (including phenoxy) is 1. The number of hydrogen-bond acceptors (Lipinski definition) is 6. The second-order valence-corrected chi connectivity index (χ2v) is 12.6. The van der Waals surface area contributed by atoms with Crippen molar-refractivity contribution in [1.29, 1.82) is 0 Å². The van der Waals surface area contributed by atoms with Gasteiger partial charge in [0, 0.05) is 17.4 Å². The van der Waals surface area contributed by atoms with Crippen molar-refractivity contribution in [3.63, 3.8) is 0 Å². The highest BCUT2D eigenvalue weighted by Gasteiger charge is 2.46. The van der Waals surface area contributed by atoms with Crippen molar-refractivity contribution < 1.29 is 27.5 Å². The summed E-state index contributed by atoms with van der Waals surface area (Å²) in [5, 5.41) is 4.89. The lowest BCUT2D eigenvalue weighted by atomic mass is 9.91. The van der Waals surface area contributed by atoms with Crippen LogP contribution in [0.1, 0.15) is 55.7 Å². The molecule has 1 saturated heterocycles. The molecule has 2 heterocycles. The molecular formula is C33H30F3N5O3S. The number of carbonyl (C=O) groups is 2. The molecule has 0 unspecified atom stereocenters. The van der Waals surface area contributed by atoms with Crippen LogP contribution in [0.2, 0.25) is 0 Å². The lowest BCUT2D eigenvalue weighted by Gasteiger charge is -2.22. The molecule has 8 nitrogen and oxygen atoms in total. The van der Waals surface area contributed by atoms with E-state index >= 15 is 0 Å². The summed E-state index contributed by atoms with van der Waals surface area (Å²) in [6, 6.07) is 19.1. The van der Waals surface area contributed by atoms with Crippen molar-refractivity contribution >= 4 is 34.4 Å². The van der Waals surface area contributed by atoms with Gasteiger partial charge in [-0.05, 0) is 72.7 Å². The standard InChI is InChI=1S/C33H30F3N5O3S/c1-20(2)26-13-4-21(3)16-27(26)41-29(43)18-45-31(41)38-28(42)17-32(14-15-32)23-7-5-22(6-8-23)30-37-19-40(39-30)24-9-11-25(12-10-24)44-33(34,35)36/h4-13,16,19-20H,14-15,17-18H2,1-3H3. The van der Waals surface area contributed by atoms with Crippen LogP contribution < -0.4 is 9.64 Å². The highest BCUT2D eigenvalue weighted by molar-refractivity contribution is 8.15. The molecule has 0 bridgehead atoms. The minimum Gasteiger partial charge on any atom is -0.406 e. The summed E-state index contributed by atoms with van der Waals surface area (Å²) in [5.41, 5.74) is 4.84. The highest BCUT2D eigenvalue weighted by Crippen LogP contribution is 2.51. The Labute approximate surface area is 262 Å². The Morgan fingerprint density at radius 2 is 1.78 bits per heavy atom. The summed E-state index contributed by atoms with van der Waals surface area (Å²) in [5.74, 6) is 0.228. The zero-order valence-electron chi connectivity index (χ0n) is 24.8. The van der Waals surface area contributed by atoms with Crippen LogP contribution in [-0.2, 0) is 15.0 Å². The second-order valence-electron chi connectivity index (χ2n) is 11.6. The molecule has 1 aliphatic heterocycles. The number of benzene rings is 3. The first kappa shape index (κ1) is 30.6. The second kappa shape index (κ2) is 11.8. The predicted molar refractivity (Wildman–Crippen MR) is 167 cm³/mol. The first-order valence-electron chi connectivity index (χ1n) is 14.5. The predicted octanol–water partition coefficient (Wildman–Crippen LogP) is 7.35. The van der Waals surface area contributed by atoms with Crippen molar-refractivity contribution in [2.75, 3.05) is 10.7 Å². The number of aromatic nitrogens is 3. The van der Waals surface area contributed by atoms with E-state index < -0.39 is 6.36 Å². The van der Waals surface area contributed by atoms with Gasteiger partial charge in [-0.15, -0.1) is 18.3 Å². The molecule has 232 valence electrons. The molecule has 1 aromatic heterocycles. The van der Waals surface area contributed by atoms with Gasteiger partial charge in [-0.3, -0.25) is 14.5 Å². The molecule has 2 fully saturated rings. The van der Waals surface area contributed by atoms with E-state index in [1.165, 1.54) is 47.0 Å². The van der Waals surface area contributed by atoms with E-state index in [0.717, 1.165) is 40.8 Å². The fraction of sp³-hybridized carbons (Fsp3) is 0.303. The summed E-state index contributed by atoms with van der Waals surface area (Å²) in [6.45, 7) is 6.13. The molecule has 0 radical (unpaired) electrons. The Morgan fingerprint density at radius 1 is 1.07 bits per heavy atom. The third kappa shape index (κ3) is 6.65. The van der Waals surface area contributed by atoms with Crippen LogP contribution in [0.4, 0.5) is 18.9 Å². The normalized spacial score (nSPS) is 16.9. The molecule has 3 aromatic carbocycles. The van der Waals surface area contributed by atoms with Gasteiger partial charge in [-0.25, -0.2) is 9.67 Å². The first-order valence-corrected chi connectivity index (χ1v) is 15.5. The SMILES string of the molecule is Cc1ccc(C(C)C)c(N2C(=O)CSC2=NC(=O)CC2(c3ccc(-c4ncn(-c5ccc(OC(F)(F)F)cc5)n4)cc3)CC2)c1. The molecule has 12 heteroatoms. The van der Waals surface area contributed by atoms with Crippen LogP contribution in [0.15, 0.2) is 78.0 Å². The van der Waals surface area contributed by atoms with E-state index in [0.29, 0.717) is 16.7 Å². The molecule has 6 rings (SSSR count). The smallest absolute Gasteiger partial charge is 0.406 e. The van der Waals surface area contributed by atoms with Crippen LogP contribution in [0.3, 0.4) is 0 Å². The Morgan fingerprint density at radius 3 is 2.42 bits per heavy atom. The maximum atomic E-state index is 13.3. The summed E-state index contributed by atoms with van der Waals surface area (Å²) < 4.78 is 42.7. The number of rotatable bonds is 8. The molecule has 2 amide bonds. The molecule has 0 atom stereocenters. The third-order valence-electron chi connectivity index (χ3n) is 7.96. The minimum absolute atomic E-state index is 0.0840.